The van der Waals surface area contributed by atoms with Crippen LogP contribution >= 0.6 is 0 Å². The zero-order valence-corrected chi connectivity index (χ0v) is 33.6. The molecule has 0 aliphatic carbocycles. The lowest BCUT2D eigenvalue weighted by molar-refractivity contribution is 0.669. The molecule has 0 amide bonds. The van der Waals surface area contributed by atoms with Crippen molar-refractivity contribution < 1.29 is 4.42 Å². The lowest BCUT2D eigenvalue weighted by Gasteiger charge is -2.26. The van der Waals surface area contributed by atoms with E-state index in [-0.39, 0.29) is 0 Å². The Labute approximate surface area is 359 Å². The van der Waals surface area contributed by atoms with Crippen LogP contribution < -0.4 is 5.32 Å². The van der Waals surface area contributed by atoms with Crippen LogP contribution in [0.1, 0.15) is 27.8 Å². The first-order valence-corrected chi connectivity index (χ1v) is 20.7. The maximum absolute atomic E-state index is 9.52. The highest BCUT2D eigenvalue weighted by Crippen LogP contribution is 2.39. The number of allylic oxidation sites excluding steroid dienone is 1. The fraction of sp³-hybridized carbons (Fsp3) is 0. The topological polar surface area (TPSA) is 74.8 Å². The first-order chi connectivity index (χ1) is 30.6. The zero-order valence-electron chi connectivity index (χ0n) is 33.6. The van der Waals surface area contributed by atoms with Crippen molar-refractivity contribution in [3.05, 3.63) is 240 Å². The molecule has 1 aliphatic rings. The molecule has 2 aromatic heterocycles. The minimum Gasteiger partial charge on any atom is -0.456 e. The standard InChI is InChI=1S/C57H38N4O/c58-55(42-19-8-3-9-20-42)53(41-17-6-2-7-18-41)56-46-22-11-10-21-44(46)35-48(59-56)39-31-33-43(34-32-39)57-60-49(38-15-4-1-5-16-38)36-50(61-57)40-29-27-37(28-30-40)45-24-14-26-52-54(45)47-23-12-13-25-51(47)62-52/h1-36,58-59H/b56-53-,58-55?. The summed E-state index contributed by atoms with van der Waals surface area (Å²) in [6, 6.07) is 72.4. The van der Waals surface area contributed by atoms with Crippen LogP contribution in [0.4, 0.5) is 0 Å². The van der Waals surface area contributed by atoms with E-state index in [1.54, 1.807) is 0 Å². The molecule has 5 nitrogen and oxygen atoms in total. The number of fused-ring (bicyclic) bond motifs is 4. The molecule has 3 heterocycles. The molecule has 1 aliphatic heterocycles. The third-order valence-electron chi connectivity index (χ3n) is 11.6. The lowest BCUT2D eigenvalue weighted by Crippen LogP contribution is -2.20. The van der Waals surface area contributed by atoms with E-state index < -0.39 is 0 Å². The van der Waals surface area contributed by atoms with Crippen LogP contribution in [0, 0.1) is 5.41 Å². The number of para-hydroxylation sites is 1. The molecule has 8 aromatic carbocycles. The number of benzene rings is 8. The normalized spacial score (nSPS) is 13.0. The van der Waals surface area contributed by atoms with Gasteiger partial charge in [-0.25, -0.2) is 9.97 Å². The second kappa shape index (κ2) is 15.6. The fourth-order valence-corrected chi connectivity index (χ4v) is 8.48. The summed E-state index contributed by atoms with van der Waals surface area (Å²) in [5.41, 5.74) is 16.7. The second-order valence-electron chi connectivity index (χ2n) is 15.4. The predicted octanol–water partition coefficient (Wildman–Crippen LogP) is 14.1. The molecule has 11 rings (SSSR count). The minimum absolute atomic E-state index is 0.454. The van der Waals surface area contributed by atoms with Gasteiger partial charge in [0.15, 0.2) is 5.82 Å². The van der Waals surface area contributed by atoms with Gasteiger partial charge in [-0.2, -0.15) is 0 Å². The van der Waals surface area contributed by atoms with E-state index in [9.17, 15) is 5.41 Å². The lowest BCUT2D eigenvalue weighted by atomic mass is 9.88. The molecular formula is C57H38N4O. The number of nitrogens with zero attached hydrogens (tertiary/aromatic N) is 2. The van der Waals surface area contributed by atoms with Gasteiger partial charge in [-0.1, -0.05) is 194 Å². The van der Waals surface area contributed by atoms with Crippen molar-refractivity contribution in [3.8, 4) is 45.0 Å². The average Bonchev–Trinajstić information content (AvgIpc) is 3.74. The van der Waals surface area contributed by atoms with Gasteiger partial charge in [0.05, 0.1) is 22.8 Å². The Hall–Kier alpha value is -8.41. The van der Waals surface area contributed by atoms with Crippen molar-refractivity contribution >= 4 is 50.7 Å². The predicted molar refractivity (Wildman–Crippen MR) is 255 cm³/mol. The molecular weight excluding hydrogens is 757 g/mol. The summed E-state index contributed by atoms with van der Waals surface area (Å²) in [5, 5.41) is 15.5. The van der Waals surface area contributed by atoms with Gasteiger partial charge in [-0.15, -0.1) is 0 Å². The van der Waals surface area contributed by atoms with Crippen molar-refractivity contribution in [1.82, 2.24) is 15.3 Å². The minimum atomic E-state index is 0.454. The number of hydrogen-bond acceptors (Lipinski definition) is 5. The van der Waals surface area contributed by atoms with Crippen molar-refractivity contribution in [1.29, 1.82) is 5.41 Å². The van der Waals surface area contributed by atoms with Crippen LogP contribution in [-0.2, 0) is 0 Å². The summed E-state index contributed by atoms with van der Waals surface area (Å²) in [7, 11) is 0. The first-order valence-electron chi connectivity index (χ1n) is 20.7. The van der Waals surface area contributed by atoms with Crippen LogP contribution in [-0.4, -0.2) is 15.7 Å². The van der Waals surface area contributed by atoms with Crippen LogP contribution in [0.2, 0.25) is 0 Å². The first kappa shape index (κ1) is 36.7. The summed E-state index contributed by atoms with van der Waals surface area (Å²) < 4.78 is 6.20. The van der Waals surface area contributed by atoms with Crippen molar-refractivity contribution in [2.45, 2.75) is 0 Å². The highest BCUT2D eigenvalue weighted by molar-refractivity contribution is 6.36. The van der Waals surface area contributed by atoms with Crippen molar-refractivity contribution in [2.24, 2.45) is 0 Å². The van der Waals surface area contributed by atoms with E-state index >= 15 is 0 Å². The van der Waals surface area contributed by atoms with Gasteiger partial charge < -0.3 is 9.73 Å². The summed E-state index contributed by atoms with van der Waals surface area (Å²) in [5.74, 6) is 0.644. The summed E-state index contributed by atoms with van der Waals surface area (Å²) in [6.07, 6.45) is 2.19. The van der Waals surface area contributed by atoms with Crippen LogP contribution in [0.25, 0.3) is 90.0 Å². The van der Waals surface area contributed by atoms with Gasteiger partial charge in [0.25, 0.3) is 0 Å². The summed E-state index contributed by atoms with van der Waals surface area (Å²) in [4.78, 5) is 10.3. The number of rotatable bonds is 8. The largest absolute Gasteiger partial charge is 0.456 e. The molecule has 292 valence electrons. The Morgan fingerprint density at radius 2 is 1.00 bits per heavy atom. The highest BCUT2D eigenvalue weighted by Gasteiger charge is 2.24. The van der Waals surface area contributed by atoms with Crippen molar-refractivity contribution in [2.75, 3.05) is 0 Å². The molecule has 0 saturated carbocycles. The van der Waals surface area contributed by atoms with E-state index in [0.29, 0.717) is 11.5 Å². The Morgan fingerprint density at radius 1 is 0.452 bits per heavy atom. The Bertz CT molecular complexity index is 3350. The molecule has 0 radical (unpaired) electrons. The third kappa shape index (κ3) is 6.78. The molecule has 0 atom stereocenters. The van der Waals surface area contributed by atoms with E-state index in [2.05, 4.69) is 139 Å². The molecule has 62 heavy (non-hydrogen) atoms. The SMILES string of the molecule is N=C(/C(=C1\NC(c2ccc(-c3nc(-c4ccccc4)cc(-c4ccc(-c5cccc6oc7ccccc7c56)cc4)n3)cc2)=Cc2ccccc21)c1ccccc1)c1ccccc1. The molecule has 10 aromatic rings. The van der Waals surface area contributed by atoms with Crippen LogP contribution in [0.3, 0.4) is 0 Å². The van der Waals surface area contributed by atoms with Gasteiger partial charge in [0.2, 0.25) is 0 Å². The maximum Gasteiger partial charge on any atom is 0.160 e. The molecule has 0 fully saturated rings. The second-order valence-corrected chi connectivity index (χ2v) is 15.4. The van der Waals surface area contributed by atoms with Gasteiger partial charge in [0.1, 0.15) is 11.2 Å². The molecule has 0 unspecified atom stereocenters. The molecule has 0 bridgehead atoms. The molecule has 5 heteroatoms. The smallest absolute Gasteiger partial charge is 0.160 e. The van der Waals surface area contributed by atoms with E-state index in [1.165, 1.54) is 0 Å². The Balaban J connectivity index is 0.967. The maximum atomic E-state index is 9.52. The number of furan rings is 1. The number of aromatic nitrogens is 2. The van der Waals surface area contributed by atoms with Gasteiger partial charge in [-0.05, 0) is 52.1 Å². The fourth-order valence-electron chi connectivity index (χ4n) is 8.48. The average molecular weight is 795 g/mol. The third-order valence-corrected chi connectivity index (χ3v) is 11.6. The molecule has 0 saturated heterocycles. The zero-order chi connectivity index (χ0) is 41.4. The van der Waals surface area contributed by atoms with Crippen LogP contribution in [0.5, 0.6) is 0 Å². The number of nitrogens with one attached hydrogen (secondary N) is 2. The Morgan fingerprint density at radius 3 is 1.74 bits per heavy atom. The van der Waals surface area contributed by atoms with E-state index in [0.717, 1.165) is 106 Å². The molecule has 0 spiro atoms. The van der Waals surface area contributed by atoms with Gasteiger partial charge in [-0.3, -0.25) is 5.41 Å². The Kier molecular flexibility index (Phi) is 9.25. The van der Waals surface area contributed by atoms with Gasteiger partial charge in [0, 0.05) is 49.9 Å². The van der Waals surface area contributed by atoms with Crippen LogP contribution in [0.15, 0.2) is 217 Å². The highest BCUT2D eigenvalue weighted by atomic mass is 16.3. The molecule has 2 N–H and O–H groups in total. The van der Waals surface area contributed by atoms with Crippen molar-refractivity contribution in [3.63, 3.8) is 0 Å². The quantitative estimate of drug-likeness (QED) is 0.150. The van der Waals surface area contributed by atoms with Gasteiger partial charge >= 0.3 is 0 Å². The summed E-state index contributed by atoms with van der Waals surface area (Å²) >= 11 is 0. The van der Waals surface area contributed by atoms with E-state index in [4.69, 9.17) is 14.4 Å². The monoisotopic (exact) mass is 794 g/mol. The summed E-state index contributed by atoms with van der Waals surface area (Å²) in [6.45, 7) is 0. The van der Waals surface area contributed by atoms with E-state index in [1.807, 2.05) is 84.9 Å². The number of hydrogen-bond donors (Lipinski definition) is 2.